The lowest BCUT2D eigenvalue weighted by molar-refractivity contribution is -0.109. The Morgan fingerprint density at radius 3 is 2.28 bits per heavy atom. The lowest BCUT2D eigenvalue weighted by Gasteiger charge is -2.32. The molecule has 1 aromatic carbocycles. The summed E-state index contributed by atoms with van der Waals surface area (Å²) in [7, 11) is -0.715. The molecule has 1 aliphatic heterocycles. The number of carbonyl (C=O) groups excluding carboxylic acids is 1. The van der Waals surface area contributed by atoms with Crippen molar-refractivity contribution < 1.29 is 22.9 Å². The van der Waals surface area contributed by atoms with Crippen LogP contribution in [-0.4, -0.2) is 29.2 Å². The fraction of sp³-hybridized carbons (Fsp3) is 0.471. The van der Waals surface area contributed by atoms with Crippen LogP contribution in [0.2, 0.25) is 0 Å². The maximum atomic E-state index is 14.2. The van der Waals surface area contributed by atoms with E-state index in [2.05, 4.69) is 15.9 Å². The van der Waals surface area contributed by atoms with Gasteiger partial charge in [0.05, 0.1) is 11.2 Å². The minimum Gasteiger partial charge on any atom is -0.400 e. The molecule has 0 aliphatic carbocycles. The van der Waals surface area contributed by atoms with Crippen molar-refractivity contribution in [2.45, 2.75) is 45.8 Å². The molecule has 1 heterocycles. The predicted molar refractivity (Wildman–Crippen MR) is 101 cm³/mol. The van der Waals surface area contributed by atoms with E-state index in [9.17, 15) is 13.6 Å². The molecule has 1 saturated heterocycles. The van der Waals surface area contributed by atoms with Crippen LogP contribution in [0, 0.1) is 11.6 Å². The third kappa shape index (κ3) is 4.73. The first-order chi connectivity index (χ1) is 11.4. The van der Waals surface area contributed by atoms with E-state index in [1.807, 2.05) is 27.7 Å². The zero-order valence-corrected chi connectivity index (χ0v) is 17.2. The van der Waals surface area contributed by atoms with Gasteiger partial charge in [-0.25, -0.2) is 8.78 Å². The Kier molecular flexibility index (Phi) is 6.19. The van der Waals surface area contributed by atoms with Crippen LogP contribution < -0.4 is 0 Å². The van der Waals surface area contributed by atoms with Gasteiger partial charge in [0.2, 0.25) is 0 Å². The van der Waals surface area contributed by atoms with Crippen molar-refractivity contribution in [3.05, 3.63) is 39.3 Å². The third-order valence-electron chi connectivity index (χ3n) is 4.37. The topological polar surface area (TPSA) is 35.5 Å². The molecule has 0 saturated carbocycles. The second-order valence-corrected chi connectivity index (χ2v) is 8.88. The van der Waals surface area contributed by atoms with E-state index in [0.29, 0.717) is 5.47 Å². The quantitative estimate of drug-likeness (QED) is 0.625. The number of halogens is 3. The molecule has 136 valence electrons. The average molecular weight is 433 g/mol. The molecule has 0 radical (unpaired) electrons. The summed E-state index contributed by atoms with van der Waals surface area (Å²) in [5.74, 6) is -1.08. The summed E-state index contributed by atoms with van der Waals surface area (Å²) in [6, 6.07) is 2.01. The SMILES string of the molecule is CC(=O)SCC(=Cc1c(F)cc(F)cc1Br)B1OC(C)(C)C(C)(C)O1. The number of hydrogen-bond donors (Lipinski definition) is 0. The molecule has 1 aliphatic rings. The maximum absolute atomic E-state index is 14.2. The fourth-order valence-electron chi connectivity index (χ4n) is 2.23. The summed E-state index contributed by atoms with van der Waals surface area (Å²) >= 11 is 4.26. The molecular weight excluding hydrogens is 413 g/mol. The van der Waals surface area contributed by atoms with Crippen molar-refractivity contribution in [1.29, 1.82) is 0 Å². The lowest BCUT2D eigenvalue weighted by Crippen LogP contribution is -2.41. The van der Waals surface area contributed by atoms with Crippen molar-refractivity contribution in [2.24, 2.45) is 0 Å². The highest BCUT2D eigenvalue weighted by atomic mass is 79.9. The molecule has 0 unspecified atom stereocenters. The Balaban J connectivity index is 2.42. The van der Waals surface area contributed by atoms with Crippen LogP contribution in [0.5, 0.6) is 0 Å². The Hall–Kier alpha value is -0.695. The van der Waals surface area contributed by atoms with Crippen molar-refractivity contribution in [3.63, 3.8) is 0 Å². The molecule has 1 aromatic rings. The first-order valence-electron chi connectivity index (χ1n) is 7.77. The van der Waals surface area contributed by atoms with Gasteiger partial charge in [0.1, 0.15) is 11.6 Å². The van der Waals surface area contributed by atoms with E-state index in [4.69, 9.17) is 9.31 Å². The molecule has 2 rings (SSSR count). The van der Waals surface area contributed by atoms with E-state index in [0.717, 1.165) is 17.8 Å². The second-order valence-electron chi connectivity index (χ2n) is 6.87. The smallest absolute Gasteiger partial charge is 0.400 e. The summed E-state index contributed by atoms with van der Waals surface area (Å²) in [6.07, 6.45) is 1.55. The highest BCUT2D eigenvalue weighted by molar-refractivity contribution is 9.10. The Morgan fingerprint density at radius 1 is 1.24 bits per heavy atom. The molecule has 0 aromatic heterocycles. The molecule has 0 N–H and O–H groups in total. The van der Waals surface area contributed by atoms with Gasteiger partial charge in [0.25, 0.3) is 0 Å². The number of hydrogen-bond acceptors (Lipinski definition) is 4. The third-order valence-corrected chi connectivity index (χ3v) is 5.91. The van der Waals surface area contributed by atoms with Gasteiger partial charge >= 0.3 is 7.12 Å². The van der Waals surface area contributed by atoms with Gasteiger partial charge in [0.15, 0.2) is 5.12 Å². The molecule has 8 heteroatoms. The van der Waals surface area contributed by atoms with Crippen molar-refractivity contribution in [1.82, 2.24) is 0 Å². The zero-order chi connectivity index (χ0) is 19.0. The van der Waals surface area contributed by atoms with Crippen LogP contribution >= 0.6 is 27.7 Å². The molecule has 0 spiro atoms. The summed E-state index contributed by atoms with van der Waals surface area (Å²) in [6.45, 7) is 9.11. The summed E-state index contributed by atoms with van der Waals surface area (Å²) in [5, 5.41) is -0.0685. The first-order valence-corrected chi connectivity index (χ1v) is 9.55. The van der Waals surface area contributed by atoms with Gasteiger partial charge in [0, 0.05) is 28.8 Å². The lowest BCUT2D eigenvalue weighted by atomic mass is 9.78. The van der Waals surface area contributed by atoms with Crippen LogP contribution in [-0.2, 0) is 14.1 Å². The van der Waals surface area contributed by atoms with Crippen LogP contribution in [0.1, 0.15) is 40.2 Å². The number of carbonyl (C=O) groups is 1. The number of thioether (sulfide) groups is 1. The molecule has 25 heavy (non-hydrogen) atoms. The molecular formula is C17H20BBrF2O3S. The fourth-order valence-corrected chi connectivity index (χ4v) is 3.35. The summed E-state index contributed by atoms with van der Waals surface area (Å²) in [5.41, 5.74) is -0.327. The standard InChI is InChI=1S/C17H20BBrF2O3S/c1-10(22)25-9-11(18-23-16(2,3)17(4,5)24-18)6-13-14(19)7-12(20)8-15(13)21/h6-8H,9H2,1-5H3. The molecule has 1 fully saturated rings. The van der Waals surface area contributed by atoms with E-state index in [-0.39, 0.29) is 20.9 Å². The minimum atomic E-state index is -0.715. The maximum Gasteiger partial charge on any atom is 0.491 e. The van der Waals surface area contributed by atoms with E-state index in [1.54, 1.807) is 6.08 Å². The van der Waals surface area contributed by atoms with Gasteiger partial charge in [-0.2, -0.15) is 0 Å². The highest BCUT2D eigenvalue weighted by Gasteiger charge is 2.52. The number of benzene rings is 1. The largest absolute Gasteiger partial charge is 0.491 e. The molecule has 0 bridgehead atoms. The predicted octanol–water partition coefficient (Wildman–Crippen LogP) is 5.02. The van der Waals surface area contributed by atoms with Crippen molar-refractivity contribution in [3.8, 4) is 0 Å². The van der Waals surface area contributed by atoms with Crippen molar-refractivity contribution >= 4 is 46.0 Å². The van der Waals surface area contributed by atoms with Crippen molar-refractivity contribution in [2.75, 3.05) is 5.75 Å². The summed E-state index contributed by atoms with van der Waals surface area (Å²) < 4.78 is 39.8. The van der Waals surface area contributed by atoms with Gasteiger partial charge < -0.3 is 9.31 Å². The van der Waals surface area contributed by atoms with Crippen LogP contribution in [0.25, 0.3) is 6.08 Å². The molecule has 0 amide bonds. The van der Waals surface area contributed by atoms with Gasteiger partial charge in [-0.15, -0.1) is 0 Å². The Labute approximate surface area is 159 Å². The second kappa shape index (κ2) is 7.51. The summed E-state index contributed by atoms with van der Waals surface area (Å²) in [4.78, 5) is 11.4. The molecule has 0 atom stereocenters. The monoisotopic (exact) mass is 432 g/mol. The van der Waals surface area contributed by atoms with Crippen LogP contribution in [0.15, 0.2) is 22.1 Å². The van der Waals surface area contributed by atoms with Gasteiger partial charge in [-0.3, -0.25) is 4.79 Å². The Bertz CT molecular complexity index is 683. The normalized spacial score (nSPS) is 19.4. The number of rotatable bonds is 4. The van der Waals surface area contributed by atoms with E-state index >= 15 is 0 Å². The first kappa shape index (κ1) is 20.6. The Morgan fingerprint density at radius 2 is 1.80 bits per heavy atom. The van der Waals surface area contributed by atoms with Gasteiger partial charge in [-0.05, 0) is 55.2 Å². The zero-order valence-electron chi connectivity index (χ0n) is 14.8. The van der Waals surface area contributed by atoms with Crippen LogP contribution in [0.3, 0.4) is 0 Å². The van der Waals surface area contributed by atoms with Crippen LogP contribution in [0.4, 0.5) is 8.78 Å². The van der Waals surface area contributed by atoms with Gasteiger partial charge in [-0.1, -0.05) is 17.8 Å². The van der Waals surface area contributed by atoms with E-state index in [1.165, 1.54) is 13.0 Å². The highest BCUT2D eigenvalue weighted by Crippen LogP contribution is 2.39. The van der Waals surface area contributed by atoms with E-state index < -0.39 is 30.0 Å². The minimum absolute atomic E-state index is 0.0685. The average Bonchev–Trinajstić information content (AvgIpc) is 2.65. The molecule has 3 nitrogen and oxygen atoms in total.